The van der Waals surface area contributed by atoms with E-state index < -0.39 is 22.2 Å². The molecule has 2 aliphatic rings. The Kier molecular flexibility index (Phi) is 10.9. The van der Waals surface area contributed by atoms with Crippen LogP contribution in [-0.2, 0) is 10.1 Å². The van der Waals surface area contributed by atoms with Crippen LogP contribution >= 0.6 is 0 Å². The van der Waals surface area contributed by atoms with E-state index in [1.807, 2.05) is 62.4 Å². The summed E-state index contributed by atoms with van der Waals surface area (Å²) in [5.74, 6) is -1.33. The van der Waals surface area contributed by atoms with Gasteiger partial charge in [-0.2, -0.15) is 8.42 Å². The molecule has 0 saturated heterocycles. The predicted molar refractivity (Wildman–Crippen MR) is 213 cm³/mol. The normalized spacial score (nSPS) is 14.8. The van der Waals surface area contributed by atoms with Gasteiger partial charge in [0.25, 0.3) is 33.7 Å². The first-order valence-electron chi connectivity index (χ1n) is 18.1. The topological polar surface area (TPSA) is 205 Å². The monoisotopic (exact) mass is 786 g/mol. The molecule has 2 aliphatic heterocycles. The lowest BCUT2D eigenvalue weighted by Gasteiger charge is -2.33. The molecule has 15 nitrogen and oxygen atoms in total. The summed E-state index contributed by atoms with van der Waals surface area (Å²) in [5.41, 5.74) is 5.10. The van der Waals surface area contributed by atoms with Crippen molar-refractivity contribution < 1.29 is 32.1 Å². The lowest BCUT2D eigenvalue weighted by Crippen LogP contribution is -2.51. The molecule has 0 bridgehead atoms. The molecule has 4 heterocycles. The molecule has 4 amide bonds. The van der Waals surface area contributed by atoms with Crippen molar-refractivity contribution in [3.05, 3.63) is 120 Å². The van der Waals surface area contributed by atoms with Crippen molar-refractivity contribution in [1.82, 2.24) is 40.4 Å². The summed E-state index contributed by atoms with van der Waals surface area (Å²) in [6.07, 6.45) is 10.4. The first kappa shape index (κ1) is 38.9. The van der Waals surface area contributed by atoms with Crippen LogP contribution in [0.5, 0.6) is 0 Å². The van der Waals surface area contributed by atoms with Gasteiger partial charge in [0.15, 0.2) is 0 Å². The lowest BCUT2D eigenvalue weighted by atomic mass is 9.90. The number of nitrogens with one attached hydrogen (secondary N) is 2. The molecule has 0 fully saturated rings. The third-order valence-electron chi connectivity index (χ3n) is 9.78. The highest BCUT2D eigenvalue weighted by Crippen LogP contribution is 2.36. The maximum absolute atomic E-state index is 13.8. The van der Waals surface area contributed by atoms with Gasteiger partial charge in [-0.1, -0.05) is 24.3 Å². The van der Waals surface area contributed by atoms with Crippen LogP contribution in [0.4, 0.5) is 0 Å². The second-order valence-corrected chi connectivity index (χ2v) is 15.4. The first-order chi connectivity index (χ1) is 27.3. The largest absolute Gasteiger partial charge is 0.313 e. The number of amides is 4. The summed E-state index contributed by atoms with van der Waals surface area (Å²) < 4.78 is 25.9. The van der Waals surface area contributed by atoms with E-state index in [1.165, 1.54) is 22.5 Å². The van der Waals surface area contributed by atoms with Crippen molar-refractivity contribution in [1.29, 1.82) is 0 Å². The van der Waals surface area contributed by atoms with Crippen LogP contribution in [0.15, 0.2) is 98.1 Å². The predicted octanol–water partition coefficient (Wildman–Crippen LogP) is 4.26. The van der Waals surface area contributed by atoms with Crippen LogP contribution in [0, 0.1) is 0 Å². The zero-order valence-corrected chi connectivity index (χ0v) is 32.0. The number of rotatable bonds is 11. The molecule has 290 valence electrons. The molecule has 3 N–H and O–H groups in total. The first-order valence-corrected chi connectivity index (χ1v) is 19.9. The fraction of sp³-hybridized carbons (Fsp3) is 0.220. The summed E-state index contributed by atoms with van der Waals surface area (Å²) in [7, 11) is -3.67. The second kappa shape index (κ2) is 16.0. The van der Waals surface area contributed by atoms with E-state index >= 15 is 0 Å². The standard InChI is InChI=1S/C40H34N8O4.CH4O3S/c1-23(47-37(49)31-7-3-5-25-11-27(29-17-43-21-44-18-29)13-33(35(25)31)39(47)51)15-41-9-10-42-16-24(2)48-38(50)32-8-4-6-26-12-28(30-19-45-22-46-20-30)14-34(36(26)32)40(48)52;1-5(2,3)4/h3-8,11-14,17-24,41-42H,9-10,15-16H2,1-2H3;1H3,(H,2,3,4)/t23-,24+;. The average Bonchev–Trinajstić information content (AvgIpc) is 3.20. The molecule has 57 heavy (non-hydrogen) atoms. The third kappa shape index (κ3) is 8.01. The number of aromatic nitrogens is 4. The Hall–Kier alpha value is -6.33. The van der Waals surface area contributed by atoms with Crippen molar-refractivity contribution >= 4 is 55.3 Å². The molecular weight excluding hydrogens is 749 g/mol. The van der Waals surface area contributed by atoms with Crippen LogP contribution in [0.2, 0.25) is 0 Å². The fourth-order valence-electron chi connectivity index (χ4n) is 7.26. The van der Waals surface area contributed by atoms with Crippen molar-refractivity contribution in [2.24, 2.45) is 0 Å². The average molecular weight is 787 g/mol. The van der Waals surface area contributed by atoms with Crippen molar-refractivity contribution in [3.8, 4) is 22.3 Å². The zero-order valence-electron chi connectivity index (χ0n) is 31.2. The minimum absolute atomic E-state index is 0.322. The molecule has 0 unspecified atom stereocenters. The van der Waals surface area contributed by atoms with E-state index in [1.54, 1.807) is 36.9 Å². The number of hydrogen-bond donors (Lipinski definition) is 3. The number of imide groups is 2. The summed E-state index contributed by atoms with van der Waals surface area (Å²) in [6, 6.07) is 17.7. The van der Waals surface area contributed by atoms with Gasteiger partial charge < -0.3 is 10.6 Å². The second-order valence-electron chi connectivity index (χ2n) is 13.9. The van der Waals surface area contributed by atoms with E-state index in [2.05, 4.69) is 30.6 Å². The quantitative estimate of drug-likeness (QED) is 0.0956. The van der Waals surface area contributed by atoms with Gasteiger partial charge in [0.2, 0.25) is 0 Å². The molecule has 0 saturated carbocycles. The molecule has 6 aromatic rings. The van der Waals surface area contributed by atoms with Gasteiger partial charge in [-0.25, -0.2) is 19.9 Å². The Labute approximate surface area is 327 Å². The van der Waals surface area contributed by atoms with Gasteiger partial charge in [0.1, 0.15) is 12.7 Å². The Balaban J connectivity index is 0.000000935. The van der Waals surface area contributed by atoms with Gasteiger partial charge in [-0.3, -0.25) is 33.5 Å². The number of benzene rings is 4. The molecule has 0 radical (unpaired) electrons. The molecule has 2 atom stereocenters. The molecule has 0 aliphatic carbocycles. The zero-order chi connectivity index (χ0) is 40.4. The van der Waals surface area contributed by atoms with Crippen molar-refractivity contribution in [3.63, 3.8) is 0 Å². The maximum atomic E-state index is 13.8. The number of carbonyl (C=O) groups is 4. The minimum atomic E-state index is -3.67. The smallest absolute Gasteiger partial charge is 0.261 e. The Morgan fingerprint density at radius 3 is 1.30 bits per heavy atom. The van der Waals surface area contributed by atoms with E-state index in [9.17, 15) is 27.6 Å². The van der Waals surface area contributed by atoms with Gasteiger partial charge in [-0.15, -0.1) is 0 Å². The van der Waals surface area contributed by atoms with Crippen LogP contribution in [-0.4, -0.2) is 111 Å². The van der Waals surface area contributed by atoms with E-state index in [0.717, 1.165) is 33.0 Å². The van der Waals surface area contributed by atoms with E-state index in [4.69, 9.17) is 4.55 Å². The SMILES string of the molecule is CS(=O)(=O)O.C[C@H](CNCCNC[C@H](C)N1C(=O)c2cccc3cc(-c4cncnc4)cc(c23)C1=O)N1C(=O)c2cccc3cc(-c4cncnc4)cc(c23)C1=O. The molecule has 0 spiro atoms. The Bertz CT molecular complexity index is 2480. The Morgan fingerprint density at radius 1 is 0.579 bits per heavy atom. The van der Waals surface area contributed by atoms with Gasteiger partial charge in [-0.05, 0) is 72.1 Å². The van der Waals surface area contributed by atoms with Gasteiger partial charge in [0, 0.05) is 107 Å². The highest BCUT2D eigenvalue weighted by molar-refractivity contribution is 7.85. The molecule has 16 heteroatoms. The molecule has 4 aromatic carbocycles. The Morgan fingerprint density at radius 2 is 0.930 bits per heavy atom. The van der Waals surface area contributed by atoms with Crippen LogP contribution in [0.25, 0.3) is 43.8 Å². The van der Waals surface area contributed by atoms with E-state index in [-0.39, 0.29) is 23.6 Å². The van der Waals surface area contributed by atoms with Gasteiger partial charge >= 0.3 is 0 Å². The highest BCUT2D eigenvalue weighted by Gasteiger charge is 2.37. The van der Waals surface area contributed by atoms with Crippen LogP contribution in [0.3, 0.4) is 0 Å². The summed E-state index contributed by atoms with van der Waals surface area (Å²) in [6.45, 7) is 5.52. The number of carbonyl (C=O) groups excluding carboxylic acids is 4. The fourth-order valence-corrected chi connectivity index (χ4v) is 7.26. The van der Waals surface area contributed by atoms with Crippen LogP contribution in [0.1, 0.15) is 55.3 Å². The summed E-state index contributed by atoms with van der Waals surface area (Å²) >= 11 is 0. The van der Waals surface area contributed by atoms with Crippen LogP contribution < -0.4 is 10.6 Å². The highest BCUT2D eigenvalue weighted by atomic mass is 32.2. The lowest BCUT2D eigenvalue weighted by molar-refractivity contribution is 0.0532. The van der Waals surface area contributed by atoms with Crippen molar-refractivity contribution in [2.45, 2.75) is 25.9 Å². The number of hydrogen-bond acceptors (Lipinski definition) is 12. The number of nitrogens with zero attached hydrogens (tertiary/aromatic N) is 6. The summed E-state index contributed by atoms with van der Waals surface area (Å²) in [4.78, 5) is 74.1. The van der Waals surface area contributed by atoms with Crippen molar-refractivity contribution in [2.75, 3.05) is 32.4 Å². The summed E-state index contributed by atoms with van der Waals surface area (Å²) in [5, 5.41) is 9.62. The minimum Gasteiger partial charge on any atom is -0.313 e. The molecule has 8 rings (SSSR count). The molecule has 2 aromatic heterocycles. The maximum Gasteiger partial charge on any atom is 0.261 e. The molecular formula is C41H38N8O7S. The van der Waals surface area contributed by atoms with E-state index in [0.29, 0.717) is 65.5 Å². The van der Waals surface area contributed by atoms with Gasteiger partial charge in [0.05, 0.1) is 6.26 Å². The third-order valence-corrected chi connectivity index (χ3v) is 9.78.